The van der Waals surface area contributed by atoms with E-state index in [0.717, 1.165) is 0 Å². The number of nitrogens with zero attached hydrogens (tertiary/aromatic N) is 3. The van der Waals surface area contributed by atoms with Gasteiger partial charge in [-0.1, -0.05) is 64.9 Å². The number of carboxylic acids is 1. The minimum atomic E-state index is -1.47. The Bertz CT molecular complexity index is 1290. The first kappa shape index (κ1) is 22.8. The molecule has 0 saturated carbocycles. The lowest BCUT2D eigenvalue weighted by molar-refractivity contribution is -0.137. The fourth-order valence-electron chi connectivity index (χ4n) is 3.21. The Kier molecular flexibility index (Phi) is 6.74. The molecule has 34 heavy (non-hydrogen) atoms. The lowest BCUT2D eigenvalue weighted by atomic mass is 10.1. The van der Waals surface area contributed by atoms with Crippen molar-refractivity contribution in [2.24, 2.45) is 0 Å². The standard InChI is InChI=1S/C23H19FN4O6/c24-12-16-18(13-4-2-1-3-5-13)27-33-20(16)23-26-21(28-34-23)15-8-6-14(7-9-15)19(31)22(32)25-11-10-17(29)30/h1-9,19,31H,10-12H2,(H,25,32)(H,29,30). The molecule has 1 amide bonds. The number of aliphatic hydroxyl groups is 1. The Morgan fingerprint density at radius 1 is 1.00 bits per heavy atom. The molecule has 0 aliphatic carbocycles. The highest BCUT2D eigenvalue weighted by atomic mass is 19.1. The quantitative estimate of drug-likeness (QED) is 0.338. The van der Waals surface area contributed by atoms with Crippen molar-refractivity contribution < 1.29 is 33.2 Å². The number of nitrogens with one attached hydrogen (secondary N) is 1. The first-order chi connectivity index (χ1) is 16.5. The Morgan fingerprint density at radius 3 is 2.41 bits per heavy atom. The van der Waals surface area contributed by atoms with E-state index < -0.39 is 24.7 Å². The maximum atomic E-state index is 13.8. The summed E-state index contributed by atoms with van der Waals surface area (Å²) in [6.07, 6.45) is -1.72. The summed E-state index contributed by atoms with van der Waals surface area (Å²) in [5.74, 6) is -1.60. The third-order valence-corrected chi connectivity index (χ3v) is 4.96. The Hall–Kier alpha value is -4.38. The highest BCUT2D eigenvalue weighted by molar-refractivity contribution is 5.82. The van der Waals surface area contributed by atoms with E-state index in [0.29, 0.717) is 22.4 Å². The highest BCUT2D eigenvalue weighted by Gasteiger charge is 2.24. The van der Waals surface area contributed by atoms with Crippen molar-refractivity contribution in [2.45, 2.75) is 19.2 Å². The molecule has 0 aliphatic heterocycles. The average molecular weight is 466 g/mol. The molecule has 2 aromatic carbocycles. The largest absolute Gasteiger partial charge is 0.481 e. The van der Waals surface area contributed by atoms with Crippen LogP contribution in [0.2, 0.25) is 0 Å². The van der Waals surface area contributed by atoms with Crippen LogP contribution in [-0.4, -0.2) is 43.9 Å². The van der Waals surface area contributed by atoms with E-state index in [1.54, 1.807) is 36.4 Å². The molecule has 0 spiro atoms. The molecular weight excluding hydrogens is 447 g/mol. The average Bonchev–Trinajstić information content (AvgIpc) is 3.51. The van der Waals surface area contributed by atoms with Crippen molar-refractivity contribution in [3.8, 4) is 34.3 Å². The molecule has 2 aromatic heterocycles. The number of rotatable bonds is 9. The topological polar surface area (TPSA) is 152 Å². The van der Waals surface area contributed by atoms with Crippen LogP contribution in [0.4, 0.5) is 4.39 Å². The summed E-state index contributed by atoms with van der Waals surface area (Å²) in [6.45, 7) is -0.939. The molecule has 10 nitrogen and oxygen atoms in total. The lowest BCUT2D eigenvalue weighted by Crippen LogP contribution is -2.31. The van der Waals surface area contributed by atoms with Crippen molar-refractivity contribution in [2.75, 3.05) is 6.54 Å². The third-order valence-electron chi connectivity index (χ3n) is 4.96. The van der Waals surface area contributed by atoms with Gasteiger partial charge in [-0.15, -0.1) is 0 Å². The van der Waals surface area contributed by atoms with E-state index in [9.17, 15) is 19.1 Å². The molecule has 0 fully saturated rings. The van der Waals surface area contributed by atoms with Gasteiger partial charge < -0.3 is 24.6 Å². The van der Waals surface area contributed by atoms with Gasteiger partial charge >= 0.3 is 5.97 Å². The van der Waals surface area contributed by atoms with E-state index >= 15 is 0 Å². The molecule has 4 rings (SSSR count). The number of aromatic nitrogens is 3. The molecule has 0 saturated heterocycles. The van der Waals surface area contributed by atoms with Gasteiger partial charge in [-0.05, 0) is 5.56 Å². The number of carbonyl (C=O) groups is 2. The number of hydrogen-bond donors (Lipinski definition) is 3. The normalized spacial score (nSPS) is 11.8. The summed E-state index contributed by atoms with van der Waals surface area (Å²) >= 11 is 0. The predicted octanol–water partition coefficient (Wildman–Crippen LogP) is 3.15. The predicted molar refractivity (Wildman–Crippen MR) is 116 cm³/mol. The molecule has 174 valence electrons. The summed E-state index contributed by atoms with van der Waals surface area (Å²) in [5.41, 5.74) is 2.03. The second-order valence-corrected chi connectivity index (χ2v) is 7.22. The van der Waals surface area contributed by atoms with Crippen LogP contribution in [0.25, 0.3) is 34.3 Å². The van der Waals surface area contributed by atoms with Gasteiger partial charge in [0.15, 0.2) is 6.10 Å². The van der Waals surface area contributed by atoms with Gasteiger partial charge in [0.05, 0.1) is 12.0 Å². The SMILES string of the molecule is O=C(O)CCNC(=O)C(O)c1ccc(-c2noc(-c3onc(-c4ccccc4)c3CF)n2)cc1. The third kappa shape index (κ3) is 4.84. The fraction of sp³-hybridized carbons (Fsp3) is 0.174. The molecule has 11 heteroatoms. The first-order valence-electron chi connectivity index (χ1n) is 10.2. The van der Waals surface area contributed by atoms with E-state index in [1.807, 2.05) is 6.07 Å². The second-order valence-electron chi connectivity index (χ2n) is 7.22. The van der Waals surface area contributed by atoms with E-state index in [2.05, 4.69) is 20.6 Å². The van der Waals surface area contributed by atoms with Crippen LogP contribution >= 0.6 is 0 Å². The van der Waals surface area contributed by atoms with Crippen molar-refractivity contribution >= 4 is 11.9 Å². The van der Waals surface area contributed by atoms with E-state index in [4.69, 9.17) is 14.2 Å². The van der Waals surface area contributed by atoms with Gasteiger partial charge in [-0.2, -0.15) is 4.98 Å². The van der Waals surface area contributed by atoms with Gasteiger partial charge in [0.2, 0.25) is 11.6 Å². The summed E-state index contributed by atoms with van der Waals surface area (Å²) in [6, 6.07) is 15.1. The van der Waals surface area contributed by atoms with Crippen LogP contribution in [0.1, 0.15) is 23.7 Å². The Balaban J connectivity index is 1.50. The van der Waals surface area contributed by atoms with E-state index in [1.165, 1.54) is 12.1 Å². The number of alkyl halides is 1. The number of aliphatic carboxylic acids is 1. The Labute approximate surface area is 192 Å². The number of amides is 1. The smallest absolute Gasteiger partial charge is 0.305 e. The Morgan fingerprint density at radius 2 is 1.74 bits per heavy atom. The number of carboxylic acid groups (broad SMARTS) is 1. The molecule has 0 aliphatic rings. The summed E-state index contributed by atoms with van der Waals surface area (Å²) < 4.78 is 24.4. The minimum Gasteiger partial charge on any atom is -0.481 e. The molecule has 4 aromatic rings. The summed E-state index contributed by atoms with van der Waals surface area (Å²) in [5, 5.41) is 29.0. The van der Waals surface area contributed by atoms with Crippen LogP contribution in [0, 0.1) is 0 Å². The summed E-state index contributed by atoms with van der Waals surface area (Å²) in [4.78, 5) is 26.7. The van der Waals surface area contributed by atoms with Crippen molar-refractivity contribution in [3.05, 3.63) is 65.7 Å². The molecule has 2 heterocycles. The number of halogens is 1. The van der Waals surface area contributed by atoms with Crippen LogP contribution in [0.15, 0.2) is 63.6 Å². The first-order valence-corrected chi connectivity index (χ1v) is 10.2. The van der Waals surface area contributed by atoms with Gasteiger partial charge in [0.1, 0.15) is 12.4 Å². The van der Waals surface area contributed by atoms with Gasteiger partial charge in [-0.25, -0.2) is 4.39 Å². The van der Waals surface area contributed by atoms with Gasteiger partial charge in [-0.3, -0.25) is 9.59 Å². The lowest BCUT2D eigenvalue weighted by Gasteiger charge is -2.11. The van der Waals surface area contributed by atoms with Crippen molar-refractivity contribution in [1.82, 2.24) is 20.6 Å². The minimum absolute atomic E-state index is 0.0326. The van der Waals surface area contributed by atoms with Crippen LogP contribution in [0.5, 0.6) is 0 Å². The molecule has 0 radical (unpaired) electrons. The second kappa shape index (κ2) is 10.0. The zero-order valence-corrected chi connectivity index (χ0v) is 17.6. The molecule has 0 bridgehead atoms. The highest BCUT2D eigenvalue weighted by Crippen LogP contribution is 2.33. The van der Waals surface area contributed by atoms with E-state index in [-0.39, 0.29) is 36.0 Å². The zero-order valence-electron chi connectivity index (χ0n) is 17.6. The van der Waals surface area contributed by atoms with Gasteiger partial charge in [0.25, 0.3) is 11.8 Å². The number of aliphatic hydroxyl groups excluding tert-OH is 1. The molecular formula is C23H19FN4O6. The maximum Gasteiger partial charge on any atom is 0.305 e. The van der Waals surface area contributed by atoms with Gasteiger partial charge in [0, 0.05) is 17.7 Å². The number of carbonyl (C=O) groups excluding carboxylic acids is 1. The summed E-state index contributed by atoms with van der Waals surface area (Å²) in [7, 11) is 0. The number of hydrogen-bond acceptors (Lipinski definition) is 8. The maximum absolute atomic E-state index is 13.8. The monoisotopic (exact) mass is 466 g/mol. The zero-order chi connectivity index (χ0) is 24.1. The molecule has 3 N–H and O–H groups in total. The number of benzene rings is 2. The van der Waals surface area contributed by atoms with Crippen LogP contribution in [-0.2, 0) is 16.3 Å². The van der Waals surface area contributed by atoms with Crippen molar-refractivity contribution in [1.29, 1.82) is 0 Å². The van der Waals surface area contributed by atoms with Crippen LogP contribution < -0.4 is 5.32 Å². The molecule has 1 atom stereocenters. The molecule has 1 unspecified atom stereocenters. The van der Waals surface area contributed by atoms with Crippen LogP contribution in [0.3, 0.4) is 0 Å². The van der Waals surface area contributed by atoms with Crippen molar-refractivity contribution in [3.63, 3.8) is 0 Å². The fourth-order valence-corrected chi connectivity index (χ4v) is 3.21.